The molecule has 3 rings (SSSR count). The highest BCUT2D eigenvalue weighted by Crippen LogP contribution is 2.33. The first-order valence-corrected chi connectivity index (χ1v) is 9.12. The molecule has 2 aromatic heterocycles. The topological polar surface area (TPSA) is 98.3 Å². The summed E-state index contributed by atoms with van der Waals surface area (Å²) in [5.74, 6) is -0.262. The Morgan fingerprint density at radius 1 is 1.07 bits per heavy atom. The largest absolute Gasteiger partial charge is 0.411 e. The van der Waals surface area contributed by atoms with Crippen molar-refractivity contribution in [3.8, 4) is 0 Å². The lowest BCUT2D eigenvalue weighted by Crippen LogP contribution is -2.17. The molecule has 0 aliphatic heterocycles. The van der Waals surface area contributed by atoms with E-state index in [1.807, 2.05) is 18.2 Å². The first-order chi connectivity index (χ1) is 13.4. The number of nitrogens with one attached hydrogen (secondary N) is 2. The average molecular weight is 398 g/mol. The van der Waals surface area contributed by atoms with E-state index in [0.29, 0.717) is 33.8 Å². The van der Waals surface area contributed by atoms with Gasteiger partial charge in [-0.05, 0) is 43.2 Å². The number of oxime groups is 1. The van der Waals surface area contributed by atoms with Crippen LogP contribution in [0.15, 0.2) is 63.5 Å². The maximum Gasteiger partial charge on any atom is 0.250 e. The van der Waals surface area contributed by atoms with Gasteiger partial charge in [0.2, 0.25) is 0 Å². The van der Waals surface area contributed by atoms with E-state index in [4.69, 9.17) is 11.6 Å². The van der Waals surface area contributed by atoms with Gasteiger partial charge in [0.15, 0.2) is 0 Å². The number of aromatic amines is 2. The van der Waals surface area contributed by atoms with E-state index in [1.54, 1.807) is 38.2 Å². The first kappa shape index (κ1) is 19.6. The van der Waals surface area contributed by atoms with Gasteiger partial charge >= 0.3 is 0 Å². The fourth-order valence-electron chi connectivity index (χ4n) is 3.16. The molecule has 0 aliphatic rings. The van der Waals surface area contributed by atoms with E-state index < -0.39 is 0 Å². The summed E-state index contributed by atoms with van der Waals surface area (Å²) in [6, 6.07) is 10.9. The third-order valence-electron chi connectivity index (χ3n) is 4.73. The molecule has 1 unspecified atom stereocenters. The molecule has 0 bridgehead atoms. The molecular formula is C21H20ClN3O3. The minimum absolute atomic E-state index is 0.158. The highest BCUT2D eigenvalue weighted by atomic mass is 35.5. The number of nitrogens with zero attached hydrogens (tertiary/aromatic N) is 1. The number of H-pyrrole nitrogens is 2. The van der Waals surface area contributed by atoms with Crippen LogP contribution in [0.3, 0.4) is 0 Å². The SMILES string of the molecule is Cc1cc(/C(CC(c2c[nH]c(=O)c(C)c2)c2ccccc2Cl)=N/O)c[nH]c1=O. The fraction of sp³-hybridized carbons (Fsp3) is 0.190. The van der Waals surface area contributed by atoms with E-state index in [0.717, 1.165) is 11.1 Å². The lowest BCUT2D eigenvalue weighted by atomic mass is 9.86. The van der Waals surface area contributed by atoms with Crippen molar-refractivity contribution in [1.29, 1.82) is 0 Å². The van der Waals surface area contributed by atoms with E-state index in [9.17, 15) is 14.8 Å². The van der Waals surface area contributed by atoms with E-state index in [1.165, 1.54) is 6.20 Å². The van der Waals surface area contributed by atoms with Gasteiger partial charge in [0.05, 0.1) is 5.71 Å². The van der Waals surface area contributed by atoms with Gasteiger partial charge < -0.3 is 15.2 Å². The maximum atomic E-state index is 11.8. The first-order valence-electron chi connectivity index (χ1n) is 8.75. The number of hydrogen-bond donors (Lipinski definition) is 3. The minimum atomic E-state index is -0.262. The Bertz CT molecular complexity index is 1150. The van der Waals surface area contributed by atoms with Crippen LogP contribution < -0.4 is 11.1 Å². The molecule has 28 heavy (non-hydrogen) atoms. The quantitative estimate of drug-likeness (QED) is 0.347. The van der Waals surface area contributed by atoms with Gasteiger partial charge in [0, 0.05) is 46.4 Å². The van der Waals surface area contributed by atoms with Crippen molar-refractivity contribution in [1.82, 2.24) is 9.97 Å². The molecule has 144 valence electrons. The number of aromatic nitrogens is 2. The zero-order valence-electron chi connectivity index (χ0n) is 15.5. The molecule has 0 aliphatic carbocycles. The summed E-state index contributed by atoms with van der Waals surface area (Å²) >= 11 is 6.44. The molecule has 1 aromatic carbocycles. The molecule has 3 N–H and O–H groups in total. The standard InChI is InChI=1S/C21H20ClN3O3/c1-12-7-14(10-23-20(12)26)17(16-5-3-4-6-18(16)22)9-19(25-28)15-8-13(2)21(27)24-11-15/h3-8,10-11,17,28H,9H2,1-2H3,(H,23,26)(H,24,27)/b25-19+. The fourth-order valence-corrected chi connectivity index (χ4v) is 3.43. The smallest absolute Gasteiger partial charge is 0.250 e. The van der Waals surface area contributed by atoms with Gasteiger partial charge in [-0.2, -0.15) is 0 Å². The Balaban J connectivity index is 2.09. The van der Waals surface area contributed by atoms with Crippen molar-refractivity contribution < 1.29 is 5.21 Å². The van der Waals surface area contributed by atoms with E-state index in [2.05, 4.69) is 15.1 Å². The van der Waals surface area contributed by atoms with Crippen LogP contribution >= 0.6 is 11.6 Å². The van der Waals surface area contributed by atoms with E-state index >= 15 is 0 Å². The summed E-state index contributed by atoms with van der Waals surface area (Å²) in [6.45, 7) is 3.42. The Labute approximate surface area is 166 Å². The summed E-state index contributed by atoms with van der Waals surface area (Å²) < 4.78 is 0. The second-order valence-electron chi connectivity index (χ2n) is 6.67. The lowest BCUT2D eigenvalue weighted by Gasteiger charge is -2.20. The summed E-state index contributed by atoms with van der Waals surface area (Å²) in [7, 11) is 0. The predicted molar refractivity (Wildman–Crippen MR) is 110 cm³/mol. The average Bonchev–Trinajstić information content (AvgIpc) is 2.68. The lowest BCUT2D eigenvalue weighted by molar-refractivity contribution is 0.317. The number of aryl methyl sites for hydroxylation is 2. The van der Waals surface area contributed by atoms with Crippen LogP contribution in [-0.2, 0) is 0 Å². The van der Waals surface area contributed by atoms with Crippen molar-refractivity contribution in [3.63, 3.8) is 0 Å². The molecule has 0 spiro atoms. The Hall–Kier alpha value is -3.12. The van der Waals surface area contributed by atoms with Crippen molar-refractivity contribution in [2.24, 2.45) is 5.16 Å². The summed E-state index contributed by atoms with van der Waals surface area (Å²) in [5.41, 5.74) is 3.44. The molecule has 0 saturated carbocycles. The second kappa shape index (κ2) is 8.27. The van der Waals surface area contributed by atoms with Crippen LogP contribution in [0.2, 0.25) is 5.02 Å². The van der Waals surface area contributed by atoms with Gasteiger partial charge in [-0.3, -0.25) is 9.59 Å². The van der Waals surface area contributed by atoms with Crippen molar-refractivity contribution in [2.75, 3.05) is 0 Å². The molecule has 0 amide bonds. The maximum absolute atomic E-state index is 11.8. The molecule has 6 nitrogen and oxygen atoms in total. The zero-order chi connectivity index (χ0) is 20.3. The van der Waals surface area contributed by atoms with Crippen LogP contribution in [0, 0.1) is 13.8 Å². The van der Waals surface area contributed by atoms with Gasteiger partial charge in [0.1, 0.15) is 0 Å². The normalized spacial score (nSPS) is 12.8. The summed E-state index contributed by atoms with van der Waals surface area (Å²) in [6.07, 6.45) is 3.49. The number of hydrogen-bond acceptors (Lipinski definition) is 4. The van der Waals surface area contributed by atoms with Crippen molar-refractivity contribution in [3.05, 3.63) is 102 Å². The highest BCUT2D eigenvalue weighted by molar-refractivity contribution is 6.31. The van der Waals surface area contributed by atoms with Crippen LogP contribution in [0.5, 0.6) is 0 Å². The monoisotopic (exact) mass is 397 g/mol. The predicted octanol–water partition coefficient (Wildman–Crippen LogP) is 3.73. The highest BCUT2D eigenvalue weighted by Gasteiger charge is 2.22. The molecule has 0 fully saturated rings. The zero-order valence-corrected chi connectivity index (χ0v) is 16.2. The molecular weight excluding hydrogens is 378 g/mol. The molecule has 1 atom stereocenters. The molecule has 0 saturated heterocycles. The number of rotatable bonds is 5. The van der Waals surface area contributed by atoms with Gasteiger partial charge in [0.25, 0.3) is 11.1 Å². The minimum Gasteiger partial charge on any atom is -0.411 e. The van der Waals surface area contributed by atoms with Gasteiger partial charge in [-0.15, -0.1) is 0 Å². The molecule has 7 heteroatoms. The summed E-state index contributed by atoms with van der Waals surface area (Å²) in [4.78, 5) is 28.8. The number of benzene rings is 1. The Morgan fingerprint density at radius 2 is 1.71 bits per heavy atom. The Kier molecular flexibility index (Phi) is 5.80. The van der Waals surface area contributed by atoms with Crippen LogP contribution in [-0.4, -0.2) is 20.9 Å². The van der Waals surface area contributed by atoms with Gasteiger partial charge in [-0.25, -0.2) is 0 Å². The molecule has 3 aromatic rings. The molecule has 2 heterocycles. The van der Waals surface area contributed by atoms with E-state index in [-0.39, 0.29) is 17.0 Å². The number of pyridine rings is 2. The third kappa shape index (κ3) is 4.07. The summed E-state index contributed by atoms with van der Waals surface area (Å²) in [5, 5.41) is 13.7. The third-order valence-corrected chi connectivity index (χ3v) is 5.08. The van der Waals surface area contributed by atoms with Crippen LogP contribution in [0.25, 0.3) is 0 Å². The van der Waals surface area contributed by atoms with Crippen molar-refractivity contribution >= 4 is 17.3 Å². The van der Waals surface area contributed by atoms with Gasteiger partial charge in [-0.1, -0.05) is 35.0 Å². The Morgan fingerprint density at radius 3 is 2.32 bits per heavy atom. The number of halogens is 1. The second-order valence-corrected chi connectivity index (χ2v) is 7.08. The van der Waals surface area contributed by atoms with Crippen LogP contribution in [0.1, 0.15) is 40.2 Å². The van der Waals surface area contributed by atoms with Crippen LogP contribution in [0.4, 0.5) is 0 Å². The van der Waals surface area contributed by atoms with Crippen molar-refractivity contribution in [2.45, 2.75) is 26.2 Å². The molecule has 0 radical (unpaired) electrons.